The fraction of sp³-hybridized carbons (Fsp3) is 0.235. The molecule has 0 aliphatic heterocycles. The van der Waals surface area contributed by atoms with Crippen LogP contribution in [0.2, 0.25) is 0 Å². The van der Waals surface area contributed by atoms with Crippen molar-refractivity contribution >= 4 is 11.3 Å². The van der Waals surface area contributed by atoms with Crippen LogP contribution in [0.25, 0.3) is 16.9 Å². The lowest BCUT2D eigenvalue weighted by Gasteiger charge is -2.12. The summed E-state index contributed by atoms with van der Waals surface area (Å²) in [4.78, 5) is 15.3. The Morgan fingerprint density at radius 1 is 1.35 bits per heavy atom. The monoisotopic (exact) mass is 310 g/mol. The van der Waals surface area contributed by atoms with Crippen LogP contribution in [0.4, 0.5) is 5.69 Å². The number of nitrogens with two attached hydrogens (primary N) is 1. The average Bonchev–Trinajstić information content (AvgIpc) is 2.92. The van der Waals surface area contributed by atoms with Gasteiger partial charge in [-0.25, -0.2) is 4.98 Å². The van der Waals surface area contributed by atoms with Gasteiger partial charge < -0.3 is 10.1 Å². The number of fused-ring (bicyclic) bond motifs is 1. The molecule has 0 saturated heterocycles. The molecule has 2 N–H and O–H groups in total. The van der Waals surface area contributed by atoms with Crippen LogP contribution < -0.4 is 5.73 Å². The lowest BCUT2D eigenvalue weighted by molar-refractivity contribution is -0.384. The molecule has 118 valence electrons. The lowest BCUT2D eigenvalue weighted by atomic mass is 10.0. The molecule has 6 heteroatoms. The van der Waals surface area contributed by atoms with E-state index >= 15 is 0 Å². The molecule has 3 aromatic rings. The first kappa shape index (κ1) is 15.2. The zero-order valence-electron chi connectivity index (χ0n) is 13.1. The number of hydrogen-bond acceptors (Lipinski definition) is 4. The number of pyridine rings is 1. The first-order valence-electron chi connectivity index (χ1n) is 7.44. The Kier molecular flexibility index (Phi) is 3.83. The first-order chi connectivity index (χ1) is 11.0. The van der Waals surface area contributed by atoms with E-state index in [1.54, 1.807) is 12.1 Å². The summed E-state index contributed by atoms with van der Waals surface area (Å²) < 4.78 is 2.03. The highest BCUT2D eigenvalue weighted by molar-refractivity contribution is 5.69. The van der Waals surface area contributed by atoms with Crippen LogP contribution in [-0.2, 0) is 0 Å². The Labute approximate surface area is 133 Å². The Morgan fingerprint density at radius 2 is 2.13 bits per heavy atom. The van der Waals surface area contributed by atoms with Crippen molar-refractivity contribution in [2.75, 3.05) is 6.54 Å². The maximum absolute atomic E-state index is 11.0. The van der Waals surface area contributed by atoms with Gasteiger partial charge in [0.05, 0.1) is 16.3 Å². The topological polar surface area (TPSA) is 86.5 Å². The molecule has 1 atom stereocenters. The molecule has 2 aromatic heterocycles. The Morgan fingerprint density at radius 3 is 2.83 bits per heavy atom. The van der Waals surface area contributed by atoms with Crippen molar-refractivity contribution in [1.29, 1.82) is 0 Å². The predicted octanol–water partition coefficient (Wildman–Crippen LogP) is 3.28. The van der Waals surface area contributed by atoms with Gasteiger partial charge in [-0.15, -0.1) is 0 Å². The standard InChI is InChI=1S/C17H18N4O2/c1-11-6-7-15-19-16(17(12(2)9-18)20(15)10-11)13-4-3-5-14(8-13)21(22)23/h3-8,10,12H,9,18H2,1-2H3. The van der Waals surface area contributed by atoms with E-state index in [4.69, 9.17) is 5.73 Å². The van der Waals surface area contributed by atoms with E-state index in [0.717, 1.165) is 28.2 Å². The highest BCUT2D eigenvalue weighted by Crippen LogP contribution is 2.31. The van der Waals surface area contributed by atoms with Gasteiger partial charge in [0.25, 0.3) is 5.69 Å². The molecule has 0 aliphatic rings. The van der Waals surface area contributed by atoms with E-state index in [1.165, 1.54) is 6.07 Å². The predicted molar refractivity (Wildman–Crippen MR) is 89.5 cm³/mol. The van der Waals surface area contributed by atoms with Crippen molar-refractivity contribution in [2.45, 2.75) is 19.8 Å². The third-order valence-electron chi connectivity index (χ3n) is 3.95. The first-order valence-corrected chi connectivity index (χ1v) is 7.44. The average molecular weight is 310 g/mol. The number of nitro benzene ring substituents is 1. The highest BCUT2D eigenvalue weighted by Gasteiger charge is 2.20. The van der Waals surface area contributed by atoms with Crippen LogP contribution in [0.5, 0.6) is 0 Å². The minimum atomic E-state index is -0.393. The van der Waals surface area contributed by atoms with Gasteiger partial charge in [0.2, 0.25) is 0 Å². The summed E-state index contributed by atoms with van der Waals surface area (Å²) in [6, 6.07) is 10.5. The number of non-ortho nitro benzene ring substituents is 1. The third-order valence-corrected chi connectivity index (χ3v) is 3.95. The molecule has 0 aliphatic carbocycles. The maximum Gasteiger partial charge on any atom is 0.270 e. The molecular weight excluding hydrogens is 292 g/mol. The zero-order valence-corrected chi connectivity index (χ0v) is 13.1. The van der Waals surface area contributed by atoms with E-state index < -0.39 is 4.92 Å². The minimum Gasteiger partial charge on any atom is -0.330 e. The summed E-state index contributed by atoms with van der Waals surface area (Å²) in [5, 5.41) is 11.0. The molecule has 23 heavy (non-hydrogen) atoms. The second kappa shape index (κ2) is 5.81. The molecule has 6 nitrogen and oxygen atoms in total. The second-order valence-corrected chi connectivity index (χ2v) is 5.72. The SMILES string of the molecule is Cc1ccc2nc(-c3cccc([N+](=O)[O-])c3)c(C(C)CN)n2c1. The van der Waals surface area contributed by atoms with Crippen LogP contribution >= 0.6 is 0 Å². The normalized spacial score (nSPS) is 12.5. The van der Waals surface area contributed by atoms with Gasteiger partial charge in [-0.05, 0) is 18.6 Å². The number of nitro groups is 1. The van der Waals surface area contributed by atoms with Crippen molar-refractivity contribution in [3.63, 3.8) is 0 Å². The minimum absolute atomic E-state index is 0.0575. The molecule has 0 amide bonds. The highest BCUT2D eigenvalue weighted by atomic mass is 16.6. The van der Waals surface area contributed by atoms with Crippen LogP contribution in [0.15, 0.2) is 42.6 Å². The molecule has 0 fully saturated rings. The van der Waals surface area contributed by atoms with Gasteiger partial charge in [-0.2, -0.15) is 0 Å². The lowest BCUT2D eigenvalue weighted by Crippen LogP contribution is -2.12. The van der Waals surface area contributed by atoms with Gasteiger partial charge >= 0.3 is 0 Å². The summed E-state index contributed by atoms with van der Waals surface area (Å²) in [6.07, 6.45) is 2.02. The van der Waals surface area contributed by atoms with Crippen LogP contribution in [0, 0.1) is 17.0 Å². The molecule has 2 heterocycles. The molecule has 3 rings (SSSR count). The van der Waals surface area contributed by atoms with Crippen LogP contribution in [-0.4, -0.2) is 20.9 Å². The second-order valence-electron chi connectivity index (χ2n) is 5.72. The summed E-state index contributed by atoms with van der Waals surface area (Å²) in [7, 11) is 0. The number of aromatic nitrogens is 2. The van der Waals surface area contributed by atoms with Crippen molar-refractivity contribution < 1.29 is 4.92 Å². The molecule has 0 bridgehead atoms. The number of hydrogen-bond donors (Lipinski definition) is 1. The largest absolute Gasteiger partial charge is 0.330 e. The fourth-order valence-corrected chi connectivity index (χ4v) is 2.73. The molecule has 0 saturated carbocycles. The van der Waals surface area contributed by atoms with E-state index in [2.05, 4.69) is 4.98 Å². The van der Waals surface area contributed by atoms with Crippen LogP contribution in [0.3, 0.4) is 0 Å². The summed E-state index contributed by atoms with van der Waals surface area (Å²) >= 11 is 0. The van der Waals surface area contributed by atoms with Gasteiger partial charge in [-0.1, -0.05) is 25.1 Å². The molecule has 1 unspecified atom stereocenters. The Hall–Kier alpha value is -2.73. The van der Waals surface area contributed by atoms with Gasteiger partial charge in [0, 0.05) is 36.4 Å². The molecule has 0 spiro atoms. The van der Waals surface area contributed by atoms with E-state index in [-0.39, 0.29) is 11.6 Å². The zero-order chi connectivity index (χ0) is 16.6. The van der Waals surface area contributed by atoms with Gasteiger partial charge in [0.1, 0.15) is 5.65 Å². The van der Waals surface area contributed by atoms with Crippen molar-refractivity contribution in [2.24, 2.45) is 5.73 Å². The molecule has 1 aromatic carbocycles. The maximum atomic E-state index is 11.0. The number of benzene rings is 1. The van der Waals surface area contributed by atoms with Crippen molar-refractivity contribution in [3.8, 4) is 11.3 Å². The number of imidazole rings is 1. The molecular formula is C17H18N4O2. The van der Waals surface area contributed by atoms with Crippen molar-refractivity contribution in [1.82, 2.24) is 9.38 Å². The third kappa shape index (κ3) is 2.68. The van der Waals surface area contributed by atoms with E-state index in [1.807, 2.05) is 42.6 Å². The van der Waals surface area contributed by atoms with E-state index in [0.29, 0.717) is 6.54 Å². The van der Waals surface area contributed by atoms with E-state index in [9.17, 15) is 10.1 Å². The number of aryl methyl sites for hydroxylation is 1. The van der Waals surface area contributed by atoms with Gasteiger partial charge in [-0.3, -0.25) is 10.1 Å². The quantitative estimate of drug-likeness (QED) is 0.592. The summed E-state index contributed by atoms with van der Waals surface area (Å²) in [5.41, 5.74) is 10.3. The van der Waals surface area contributed by atoms with Crippen LogP contribution in [0.1, 0.15) is 24.1 Å². The number of nitrogens with zero attached hydrogens (tertiary/aromatic N) is 3. The smallest absolute Gasteiger partial charge is 0.270 e. The summed E-state index contributed by atoms with van der Waals surface area (Å²) in [6.45, 7) is 4.53. The summed E-state index contributed by atoms with van der Waals surface area (Å²) in [5.74, 6) is 0.0843. The Balaban J connectivity index is 2.28. The van der Waals surface area contributed by atoms with Gasteiger partial charge in [0.15, 0.2) is 0 Å². The fourth-order valence-electron chi connectivity index (χ4n) is 2.73. The Bertz CT molecular complexity index is 885. The molecule has 0 radical (unpaired) electrons. The number of rotatable bonds is 4. The van der Waals surface area contributed by atoms with Crippen molar-refractivity contribution in [3.05, 3.63) is 64.0 Å².